The number of H-pyrrole nitrogens is 1. The van der Waals surface area contributed by atoms with E-state index in [2.05, 4.69) is 10.3 Å². The van der Waals surface area contributed by atoms with Gasteiger partial charge in [0.1, 0.15) is 23.9 Å². The van der Waals surface area contributed by atoms with Gasteiger partial charge in [0.25, 0.3) is 5.56 Å². The molecule has 2 fully saturated rings. The average molecular weight is 584 g/mol. The van der Waals surface area contributed by atoms with E-state index in [0.717, 1.165) is 44.9 Å². The smallest absolute Gasteiger partial charge is 0.408 e. The zero-order valence-corrected chi connectivity index (χ0v) is 25.2. The number of carbonyl (C=O) groups excluding carboxylic acids is 3. The second kappa shape index (κ2) is 13.6. The molecule has 0 bridgehead atoms. The minimum Gasteiger partial charge on any atom is -0.507 e. The molecule has 4 unspecified atom stereocenters. The number of alkyl carbamates (subject to hydrolysis) is 1. The van der Waals surface area contributed by atoms with Gasteiger partial charge in [0.2, 0.25) is 5.91 Å². The zero-order valence-electron chi connectivity index (χ0n) is 25.2. The Labute approximate surface area is 247 Å². The van der Waals surface area contributed by atoms with E-state index in [9.17, 15) is 24.3 Å². The summed E-state index contributed by atoms with van der Waals surface area (Å²) in [4.78, 5) is 55.6. The first-order valence-electron chi connectivity index (χ1n) is 15.2. The van der Waals surface area contributed by atoms with Gasteiger partial charge in [-0.15, -0.1) is 0 Å². The van der Waals surface area contributed by atoms with E-state index in [1.807, 2.05) is 32.9 Å². The maximum Gasteiger partial charge on any atom is 0.408 e. The fraction of sp³-hybridized carbons (Fsp3) is 0.625. The average Bonchev–Trinajstić information content (AvgIpc) is 3.61. The molecule has 2 amide bonds. The summed E-state index contributed by atoms with van der Waals surface area (Å²) in [6.45, 7) is 6.08. The lowest BCUT2D eigenvalue weighted by Gasteiger charge is -2.35. The lowest BCUT2D eigenvalue weighted by atomic mass is 9.85. The molecule has 230 valence electrons. The molecule has 42 heavy (non-hydrogen) atoms. The molecule has 3 N–H and O–H groups in total. The Bertz CT molecular complexity index is 1330. The predicted molar refractivity (Wildman–Crippen MR) is 159 cm³/mol. The minimum atomic E-state index is -0.843. The number of amides is 2. The number of hydrogen-bond donors (Lipinski definition) is 3. The fourth-order valence-electron chi connectivity index (χ4n) is 6.39. The molecule has 1 aliphatic heterocycles. The van der Waals surface area contributed by atoms with E-state index in [0.29, 0.717) is 42.3 Å². The molecular weight excluding hydrogens is 538 g/mol. The highest BCUT2D eigenvalue weighted by Crippen LogP contribution is 2.33. The number of pyridine rings is 1. The largest absolute Gasteiger partial charge is 0.507 e. The molecule has 0 spiro atoms. The number of hydrogen-bond acceptors (Lipinski definition) is 7. The third-order valence-corrected chi connectivity index (χ3v) is 8.72. The number of carbonyl (C=O) groups is 3. The number of likely N-dealkylation sites (tertiary alicyclic amines) is 1. The normalized spacial score (nSPS) is 21.3. The van der Waals surface area contributed by atoms with Gasteiger partial charge in [-0.1, -0.05) is 45.7 Å². The molecule has 1 aromatic heterocycles. The zero-order chi connectivity index (χ0) is 30.4. The molecule has 2 aliphatic rings. The first-order valence-corrected chi connectivity index (χ1v) is 15.2. The van der Waals surface area contributed by atoms with Crippen LogP contribution in [0.4, 0.5) is 4.79 Å². The first-order chi connectivity index (χ1) is 20.0. The van der Waals surface area contributed by atoms with Crippen molar-refractivity contribution in [2.24, 2.45) is 11.3 Å². The maximum atomic E-state index is 13.5. The van der Waals surface area contributed by atoms with E-state index in [4.69, 9.17) is 9.47 Å². The molecule has 10 nitrogen and oxygen atoms in total. The van der Waals surface area contributed by atoms with Crippen molar-refractivity contribution in [3.8, 4) is 5.75 Å². The van der Waals surface area contributed by atoms with Crippen molar-refractivity contribution in [2.45, 2.75) is 103 Å². The van der Waals surface area contributed by atoms with Gasteiger partial charge in [-0.25, -0.2) is 9.59 Å². The second-order valence-electron chi connectivity index (χ2n) is 12.7. The standard InChI is InChI=1S/C32H45N3O7/c1-32(2,3)27(29(38)35-19-11-17-24(35)30(39)41-4)34-31(40)42-25-18-10-13-20(25)12-6-5-7-15-22-26(36)21-14-8-9-16-23(21)33-28(22)37/h8-9,14,16,20,24-25,27H,5-7,10-13,15,17-19H2,1-4H3,(H,34,40)(H2,33,36,37). The number of nitrogens with one attached hydrogen (secondary N) is 2. The number of esters is 1. The van der Waals surface area contributed by atoms with Crippen molar-refractivity contribution in [1.29, 1.82) is 0 Å². The van der Waals surface area contributed by atoms with Crippen LogP contribution in [0.15, 0.2) is 29.1 Å². The summed E-state index contributed by atoms with van der Waals surface area (Å²) in [5.74, 6) is -0.445. The quantitative estimate of drug-likeness (QED) is 0.270. The Kier molecular flexibility index (Phi) is 10.2. The van der Waals surface area contributed by atoms with Crippen LogP contribution in [0, 0.1) is 11.3 Å². The molecule has 2 heterocycles. The van der Waals surface area contributed by atoms with Crippen LogP contribution in [0.3, 0.4) is 0 Å². The highest BCUT2D eigenvalue weighted by molar-refractivity contribution is 5.90. The van der Waals surface area contributed by atoms with E-state index in [1.165, 1.54) is 12.0 Å². The van der Waals surface area contributed by atoms with Gasteiger partial charge in [-0.05, 0) is 74.8 Å². The summed E-state index contributed by atoms with van der Waals surface area (Å²) in [7, 11) is 1.31. The Morgan fingerprint density at radius 2 is 1.86 bits per heavy atom. The minimum absolute atomic E-state index is 0.0576. The second-order valence-corrected chi connectivity index (χ2v) is 12.7. The van der Waals surface area contributed by atoms with Crippen molar-refractivity contribution in [3.63, 3.8) is 0 Å². The summed E-state index contributed by atoms with van der Waals surface area (Å²) in [5.41, 5.74) is 0.205. The van der Waals surface area contributed by atoms with Crippen molar-refractivity contribution in [2.75, 3.05) is 13.7 Å². The highest BCUT2D eigenvalue weighted by Gasteiger charge is 2.43. The van der Waals surface area contributed by atoms with Crippen LogP contribution >= 0.6 is 0 Å². The van der Waals surface area contributed by atoms with E-state index in [1.54, 1.807) is 12.1 Å². The van der Waals surface area contributed by atoms with Gasteiger partial charge in [0, 0.05) is 11.9 Å². The first kappa shape index (κ1) is 31.4. The number of methoxy groups -OCH3 is 1. The predicted octanol–water partition coefficient (Wildman–Crippen LogP) is 4.81. The van der Waals surface area contributed by atoms with Crippen LogP contribution in [-0.2, 0) is 25.5 Å². The summed E-state index contributed by atoms with van der Waals surface area (Å²) in [5, 5.41) is 14.1. The molecule has 4 atom stereocenters. The summed E-state index contributed by atoms with van der Waals surface area (Å²) >= 11 is 0. The van der Waals surface area contributed by atoms with Gasteiger partial charge in [-0.2, -0.15) is 0 Å². The van der Waals surface area contributed by atoms with E-state index in [-0.39, 0.29) is 29.2 Å². The molecule has 1 saturated heterocycles. The number of unbranched alkanes of at least 4 members (excludes halogenated alkanes) is 2. The molecule has 2 aromatic rings. The summed E-state index contributed by atoms with van der Waals surface area (Å²) in [6.07, 6.45) is 7.11. The number of nitrogens with zero attached hydrogens (tertiary/aromatic N) is 1. The van der Waals surface area contributed by atoms with Gasteiger partial charge in [0.15, 0.2) is 0 Å². The van der Waals surface area contributed by atoms with Crippen LogP contribution in [-0.4, -0.2) is 64.8 Å². The van der Waals surface area contributed by atoms with Gasteiger partial charge in [-0.3, -0.25) is 9.59 Å². The van der Waals surface area contributed by atoms with Crippen LogP contribution < -0.4 is 10.9 Å². The monoisotopic (exact) mass is 583 g/mol. The number of aromatic amines is 1. The number of benzene rings is 1. The van der Waals surface area contributed by atoms with Crippen molar-refractivity contribution < 1.29 is 29.0 Å². The van der Waals surface area contributed by atoms with Crippen LogP contribution in [0.5, 0.6) is 5.75 Å². The van der Waals surface area contributed by atoms with E-state index < -0.39 is 29.6 Å². The maximum absolute atomic E-state index is 13.5. The highest BCUT2D eigenvalue weighted by atomic mass is 16.6. The van der Waals surface area contributed by atoms with Crippen LogP contribution in [0.25, 0.3) is 10.9 Å². The topological polar surface area (TPSA) is 138 Å². The lowest BCUT2D eigenvalue weighted by Crippen LogP contribution is -2.57. The van der Waals surface area contributed by atoms with Crippen molar-refractivity contribution in [3.05, 3.63) is 40.2 Å². The number of aromatic nitrogens is 1. The number of aromatic hydroxyl groups is 1. The molecular formula is C32H45N3O7. The SMILES string of the molecule is COC(=O)C1CCCN1C(=O)C(NC(=O)OC1CCCC1CCCCCc1c(O)c2ccccc2[nH]c1=O)C(C)(C)C. The Morgan fingerprint density at radius 1 is 1.10 bits per heavy atom. The van der Waals surface area contributed by atoms with Gasteiger partial charge >= 0.3 is 12.1 Å². The Balaban J connectivity index is 1.27. The molecule has 1 aliphatic carbocycles. The molecule has 0 radical (unpaired) electrons. The third kappa shape index (κ3) is 7.25. The van der Waals surface area contributed by atoms with Gasteiger partial charge < -0.3 is 29.8 Å². The molecule has 10 heteroatoms. The lowest BCUT2D eigenvalue weighted by molar-refractivity contribution is -0.152. The van der Waals surface area contributed by atoms with Gasteiger partial charge in [0.05, 0.1) is 18.2 Å². The van der Waals surface area contributed by atoms with Crippen LogP contribution in [0.2, 0.25) is 0 Å². The number of ether oxygens (including phenoxy) is 2. The Hall–Kier alpha value is -3.56. The fourth-order valence-corrected chi connectivity index (χ4v) is 6.39. The molecule has 4 rings (SSSR count). The van der Waals surface area contributed by atoms with E-state index >= 15 is 0 Å². The van der Waals surface area contributed by atoms with Crippen LogP contribution in [0.1, 0.15) is 84.1 Å². The number of fused-ring (bicyclic) bond motifs is 1. The van der Waals surface area contributed by atoms with Crippen molar-refractivity contribution >= 4 is 28.9 Å². The molecule has 1 saturated carbocycles. The summed E-state index contributed by atoms with van der Waals surface area (Å²) < 4.78 is 10.8. The van der Waals surface area contributed by atoms with Crippen molar-refractivity contribution in [1.82, 2.24) is 15.2 Å². The summed E-state index contributed by atoms with van der Waals surface area (Å²) in [6, 6.07) is 5.75. The number of rotatable bonds is 10. The molecule has 1 aromatic carbocycles. The third-order valence-electron chi connectivity index (χ3n) is 8.72. The Morgan fingerprint density at radius 3 is 2.60 bits per heavy atom. The number of para-hydroxylation sites is 1.